The van der Waals surface area contributed by atoms with Gasteiger partial charge >= 0.3 is 0 Å². The van der Waals surface area contributed by atoms with Crippen molar-refractivity contribution in [3.63, 3.8) is 0 Å². The number of benzene rings is 2. The predicted molar refractivity (Wildman–Crippen MR) is 99.4 cm³/mol. The Hall–Kier alpha value is -2.58. The lowest BCUT2D eigenvalue weighted by atomic mass is 10.2. The summed E-state index contributed by atoms with van der Waals surface area (Å²) in [6, 6.07) is 12.0. The van der Waals surface area contributed by atoms with E-state index in [9.17, 15) is 17.6 Å². The molecule has 1 heterocycles. The number of amides is 1. The number of carbonyl (C=O) groups excluding carboxylic acids is 1. The summed E-state index contributed by atoms with van der Waals surface area (Å²) < 4.78 is 35.8. The number of nitrogens with zero attached hydrogens (tertiary/aromatic N) is 1. The van der Waals surface area contributed by atoms with Gasteiger partial charge in [-0.1, -0.05) is 0 Å². The van der Waals surface area contributed by atoms with Crippen molar-refractivity contribution in [3.05, 3.63) is 65.4 Å². The minimum absolute atomic E-state index is 0.0888. The highest BCUT2D eigenvalue weighted by Gasteiger charge is 2.11. The fourth-order valence-electron chi connectivity index (χ4n) is 2.27. The number of anilines is 1. The molecule has 0 aliphatic rings. The lowest BCUT2D eigenvalue weighted by Crippen LogP contribution is -2.14. The monoisotopic (exact) mass is 390 g/mol. The molecule has 0 aliphatic carbocycles. The predicted octanol–water partition coefficient (Wildman–Crippen LogP) is 3.53. The minimum Gasteiger partial charge on any atom is -0.326 e. The molecule has 26 heavy (non-hydrogen) atoms. The minimum atomic E-state index is -3.27. The zero-order chi connectivity index (χ0) is 18.7. The number of hydrogen-bond acceptors (Lipinski definition) is 5. The van der Waals surface area contributed by atoms with Crippen molar-refractivity contribution in [2.75, 3.05) is 11.6 Å². The van der Waals surface area contributed by atoms with Gasteiger partial charge in [0.25, 0.3) is 0 Å². The number of aromatic nitrogens is 1. The first-order valence-electron chi connectivity index (χ1n) is 7.61. The molecule has 3 aromatic rings. The van der Waals surface area contributed by atoms with Crippen LogP contribution in [0.3, 0.4) is 0 Å². The third kappa shape index (κ3) is 4.53. The van der Waals surface area contributed by atoms with Gasteiger partial charge in [-0.3, -0.25) is 4.79 Å². The number of nitrogens with one attached hydrogen (secondary N) is 1. The second-order valence-electron chi connectivity index (χ2n) is 5.67. The van der Waals surface area contributed by atoms with E-state index in [1.807, 2.05) is 0 Å². The Labute approximate surface area is 154 Å². The normalized spacial score (nSPS) is 11.3. The molecule has 0 radical (unpaired) electrons. The molecule has 0 saturated carbocycles. The number of sulfone groups is 1. The van der Waals surface area contributed by atoms with Gasteiger partial charge in [0.2, 0.25) is 5.91 Å². The summed E-state index contributed by atoms with van der Waals surface area (Å²) in [5, 5.41) is 5.20. The molecule has 1 aromatic heterocycles. The molecular weight excluding hydrogens is 375 g/mol. The summed E-state index contributed by atoms with van der Waals surface area (Å²) >= 11 is 1.38. The number of hydrogen-bond donors (Lipinski definition) is 1. The molecule has 0 aliphatic heterocycles. The highest BCUT2D eigenvalue weighted by atomic mass is 32.2. The lowest BCUT2D eigenvalue weighted by molar-refractivity contribution is -0.115. The van der Waals surface area contributed by atoms with Crippen molar-refractivity contribution in [3.8, 4) is 10.6 Å². The molecule has 1 N–H and O–H groups in total. The number of carbonyl (C=O) groups is 1. The molecule has 2 aromatic carbocycles. The SMILES string of the molecule is CS(=O)(=O)c1ccc(NC(=O)Cc2csc(-c3ccc(F)cc3)n2)cc1. The standard InChI is InChI=1S/C18H15FN2O3S2/c1-26(23,24)16-8-6-14(7-9-16)20-17(22)10-15-11-25-18(21-15)12-2-4-13(19)5-3-12/h2-9,11H,10H2,1H3,(H,20,22). The van der Waals surface area contributed by atoms with Crippen LogP contribution in [-0.4, -0.2) is 25.6 Å². The summed E-state index contributed by atoms with van der Waals surface area (Å²) in [7, 11) is -3.27. The van der Waals surface area contributed by atoms with Crippen LogP contribution >= 0.6 is 11.3 Å². The smallest absolute Gasteiger partial charge is 0.230 e. The van der Waals surface area contributed by atoms with Gasteiger partial charge < -0.3 is 5.32 Å². The van der Waals surface area contributed by atoms with Crippen LogP contribution < -0.4 is 5.32 Å². The molecule has 0 atom stereocenters. The summed E-state index contributed by atoms with van der Waals surface area (Å²) in [4.78, 5) is 16.7. The fourth-order valence-corrected chi connectivity index (χ4v) is 3.72. The van der Waals surface area contributed by atoms with Crippen molar-refractivity contribution >= 4 is 32.8 Å². The fraction of sp³-hybridized carbons (Fsp3) is 0.111. The second-order valence-corrected chi connectivity index (χ2v) is 8.55. The van der Waals surface area contributed by atoms with E-state index in [1.165, 1.54) is 35.6 Å². The number of thiazole rings is 1. The van der Waals surface area contributed by atoms with Crippen LogP contribution in [0.2, 0.25) is 0 Å². The van der Waals surface area contributed by atoms with Crippen LogP contribution in [-0.2, 0) is 21.1 Å². The molecule has 0 spiro atoms. The van der Waals surface area contributed by atoms with Gasteiger partial charge in [-0.15, -0.1) is 11.3 Å². The van der Waals surface area contributed by atoms with Gasteiger partial charge in [0.1, 0.15) is 10.8 Å². The Morgan fingerprint density at radius 1 is 1.12 bits per heavy atom. The van der Waals surface area contributed by atoms with E-state index in [1.54, 1.807) is 29.6 Å². The molecule has 0 fully saturated rings. The molecule has 0 bridgehead atoms. The Balaban J connectivity index is 1.64. The molecule has 1 amide bonds. The zero-order valence-electron chi connectivity index (χ0n) is 13.8. The lowest BCUT2D eigenvalue weighted by Gasteiger charge is -2.05. The van der Waals surface area contributed by atoms with Crippen LogP contribution in [0.15, 0.2) is 58.8 Å². The molecule has 0 saturated heterocycles. The molecule has 5 nitrogen and oxygen atoms in total. The molecule has 3 rings (SSSR count). The maximum atomic E-state index is 13.0. The second kappa shape index (κ2) is 7.35. The van der Waals surface area contributed by atoms with Crippen molar-refractivity contribution in [1.29, 1.82) is 0 Å². The Morgan fingerprint density at radius 2 is 1.77 bits per heavy atom. The van der Waals surface area contributed by atoms with E-state index in [0.717, 1.165) is 11.8 Å². The van der Waals surface area contributed by atoms with E-state index in [2.05, 4.69) is 10.3 Å². The van der Waals surface area contributed by atoms with E-state index < -0.39 is 9.84 Å². The molecule has 0 unspecified atom stereocenters. The van der Waals surface area contributed by atoms with Gasteiger partial charge in [0.15, 0.2) is 9.84 Å². The summed E-state index contributed by atoms with van der Waals surface area (Å²) in [6.45, 7) is 0. The highest BCUT2D eigenvalue weighted by Crippen LogP contribution is 2.24. The molecular formula is C18H15FN2O3S2. The van der Waals surface area contributed by atoms with E-state index in [4.69, 9.17) is 0 Å². The first-order chi connectivity index (χ1) is 12.3. The van der Waals surface area contributed by atoms with E-state index >= 15 is 0 Å². The number of rotatable bonds is 5. The molecule has 8 heteroatoms. The van der Waals surface area contributed by atoms with Gasteiger partial charge in [-0.05, 0) is 48.5 Å². The highest BCUT2D eigenvalue weighted by molar-refractivity contribution is 7.90. The van der Waals surface area contributed by atoms with Crippen molar-refractivity contribution in [1.82, 2.24) is 4.98 Å². The molecule has 134 valence electrons. The summed E-state index contributed by atoms with van der Waals surface area (Å²) in [6.07, 6.45) is 1.22. The van der Waals surface area contributed by atoms with E-state index in [0.29, 0.717) is 16.4 Å². The summed E-state index contributed by atoms with van der Waals surface area (Å²) in [5.74, 6) is -0.570. The Bertz CT molecular complexity index is 1030. The van der Waals surface area contributed by atoms with Crippen molar-refractivity contribution in [2.45, 2.75) is 11.3 Å². The third-order valence-electron chi connectivity index (χ3n) is 3.55. The van der Waals surface area contributed by atoms with Crippen LogP contribution in [0.1, 0.15) is 5.69 Å². The zero-order valence-corrected chi connectivity index (χ0v) is 15.4. The van der Waals surface area contributed by atoms with Crippen molar-refractivity contribution in [2.24, 2.45) is 0 Å². The maximum Gasteiger partial charge on any atom is 0.230 e. The Kier molecular flexibility index (Phi) is 5.15. The van der Waals surface area contributed by atoms with Gasteiger partial charge in [-0.25, -0.2) is 17.8 Å². The third-order valence-corrected chi connectivity index (χ3v) is 5.62. The van der Waals surface area contributed by atoms with Crippen LogP contribution in [0.4, 0.5) is 10.1 Å². The van der Waals surface area contributed by atoms with Crippen molar-refractivity contribution < 1.29 is 17.6 Å². The first kappa shape index (κ1) is 18.2. The average molecular weight is 390 g/mol. The number of halogens is 1. The van der Waals surface area contributed by atoms with E-state index in [-0.39, 0.29) is 23.0 Å². The van der Waals surface area contributed by atoms with Gasteiger partial charge in [0, 0.05) is 22.9 Å². The topological polar surface area (TPSA) is 76.1 Å². The largest absolute Gasteiger partial charge is 0.326 e. The van der Waals surface area contributed by atoms with Gasteiger partial charge in [0.05, 0.1) is 17.0 Å². The van der Waals surface area contributed by atoms with Crippen LogP contribution in [0.5, 0.6) is 0 Å². The first-order valence-corrected chi connectivity index (χ1v) is 10.4. The van der Waals surface area contributed by atoms with Crippen LogP contribution in [0.25, 0.3) is 10.6 Å². The van der Waals surface area contributed by atoms with Gasteiger partial charge in [-0.2, -0.15) is 0 Å². The Morgan fingerprint density at radius 3 is 2.38 bits per heavy atom. The maximum absolute atomic E-state index is 13.0. The quantitative estimate of drug-likeness (QED) is 0.723. The average Bonchev–Trinajstić information content (AvgIpc) is 3.03. The summed E-state index contributed by atoms with van der Waals surface area (Å²) in [5.41, 5.74) is 1.91. The van der Waals surface area contributed by atoms with Crippen LogP contribution in [0, 0.1) is 5.82 Å².